The van der Waals surface area contributed by atoms with Crippen LogP contribution in [0.2, 0.25) is 0 Å². The summed E-state index contributed by atoms with van der Waals surface area (Å²) >= 11 is 1.94. The second-order valence-corrected chi connectivity index (χ2v) is 10.0. The van der Waals surface area contributed by atoms with Crippen molar-refractivity contribution in [2.45, 2.75) is 52.4 Å². The first-order valence-corrected chi connectivity index (χ1v) is 9.73. The fourth-order valence-corrected chi connectivity index (χ4v) is 3.67. The van der Waals surface area contributed by atoms with Crippen molar-refractivity contribution in [3.63, 3.8) is 0 Å². The zero-order chi connectivity index (χ0) is 18.8. The van der Waals surface area contributed by atoms with Crippen LogP contribution in [0, 0.1) is 0 Å². The SMILES string of the molecule is CN(C)c1ccc(C=Cc2cc(C(C)(C)C)[s+]c(C(C)(C)C)c2)cc1. The Morgan fingerprint density at radius 2 is 1.16 bits per heavy atom. The zero-order valence-electron chi connectivity index (χ0n) is 17.0. The number of anilines is 1. The molecule has 2 heteroatoms. The highest BCUT2D eigenvalue weighted by molar-refractivity contribution is 7.12. The van der Waals surface area contributed by atoms with Gasteiger partial charge in [0.05, 0.1) is 0 Å². The molecule has 0 saturated heterocycles. The van der Waals surface area contributed by atoms with Crippen LogP contribution in [-0.2, 0) is 10.8 Å². The van der Waals surface area contributed by atoms with Crippen LogP contribution < -0.4 is 4.90 Å². The maximum Gasteiger partial charge on any atom is 0.219 e. The quantitative estimate of drug-likeness (QED) is 0.544. The van der Waals surface area contributed by atoms with E-state index in [0.717, 1.165) is 0 Å². The summed E-state index contributed by atoms with van der Waals surface area (Å²) in [6.45, 7) is 13.7. The predicted molar refractivity (Wildman–Crippen MR) is 116 cm³/mol. The first-order valence-electron chi connectivity index (χ1n) is 8.91. The fraction of sp³-hybridized carbons (Fsp3) is 0.435. The second kappa shape index (κ2) is 7.29. The van der Waals surface area contributed by atoms with Gasteiger partial charge in [-0.2, -0.15) is 0 Å². The third kappa shape index (κ3) is 5.40. The van der Waals surface area contributed by atoms with Crippen LogP contribution in [0.25, 0.3) is 12.2 Å². The van der Waals surface area contributed by atoms with Crippen molar-refractivity contribution < 1.29 is 0 Å². The molecule has 0 bridgehead atoms. The Morgan fingerprint density at radius 3 is 1.56 bits per heavy atom. The Labute approximate surface area is 158 Å². The monoisotopic (exact) mass is 354 g/mol. The van der Waals surface area contributed by atoms with Gasteiger partial charge in [0.25, 0.3) is 0 Å². The molecule has 0 aliphatic rings. The minimum Gasteiger partial charge on any atom is -0.378 e. The number of benzene rings is 1. The van der Waals surface area contributed by atoms with Gasteiger partial charge in [0, 0.05) is 42.7 Å². The normalized spacial score (nSPS) is 12.6. The number of nitrogens with zero attached hydrogens (tertiary/aromatic N) is 1. The van der Waals surface area contributed by atoms with E-state index in [1.807, 2.05) is 11.3 Å². The van der Waals surface area contributed by atoms with Crippen molar-refractivity contribution in [1.82, 2.24) is 0 Å². The number of rotatable bonds is 3. The molecule has 0 unspecified atom stereocenters. The molecular weight excluding hydrogens is 322 g/mol. The Kier molecular flexibility index (Phi) is 5.73. The molecule has 2 aromatic rings. The van der Waals surface area contributed by atoms with Gasteiger partial charge >= 0.3 is 0 Å². The lowest BCUT2D eigenvalue weighted by atomic mass is 9.91. The van der Waals surface area contributed by atoms with Crippen molar-refractivity contribution in [2.24, 2.45) is 0 Å². The maximum absolute atomic E-state index is 2.34. The largest absolute Gasteiger partial charge is 0.378 e. The molecule has 0 aliphatic carbocycles. The summed E-state index contributed by atoms with van der Waals surface area (Å²) in [6, 6.07) is 13.3. The average molecular weight is 355 g/mol. The number of hydrogen-bond donors (Lipinski definition) is 0. The van der Waals surface area contributed by atoms with Crippen LogP contribution in [0.5, 0.6) is 0 Å². The standard InChI is InChI=1S/C23H32NS/c1-22(2,3)20-15-18(16-21(25-20)23(4,5)6)10-9-17-11-13-19(14-12-17)24(7)8/h9-16H,1-8H3/q+1. The molecule has 0 atom stereocenters. The van der Waals surface area contributed by atoms with Crippen LogP contribution in [0.4, 0.5) is 5.69 Å². The van der Waals surface area contributed by atoms with Gasteiger partial charge in [0.1, 0.15) is 0 Å². The molecule has 0 fully saturated rings. The molecule has 0 spiro atoms. The summed E-state index contributed by atoms with van der Waals surface area (Å²) in [5.41, 5.74) is 4.07. The Morgan fingerprint density at radius 1 is 0.720 bits per heavy atom. The topological polar surface area (TPSA) is 3.24 Å². The summed E-state index contributed by atoms with van der Waals surface area (Å²) in [5.74, 6) is 0. The lowest BCUT2D eigenvalue weighted by Gasteiger charge is -2.15. The minimum absolute atomic E-state index is 0.169. The first-order chi connectivity index (χ1) is 11.5. The summed E-state index contributed by atoms with van der Waals surface area (Å²) < 4.78 is 0. The lowest BCUT2D eigenvalue weighted by Crippen LogP contribution is -2.14. The van der Waals surface area contributed by atoms with E-state index in [9.17, 15) is 0 Å². The van der Waals surface area contributed by atoms with Crippen LogP contribution in [-0.4, -0.2) is 14.1 Å². The summed E-state index contributed by atoms with van der Waals surface area (Å²) in [4.78, 5) is 4.99. The van der Waals surface area contributed by atoms with Gasteiger partial charge in [-0.25, -0.2) is 0 Å². The van der Waals surface area contributed by atoms with E-state index in [1.54, 1.807) is 0 Å². The molecule has 1 aromatic heterocycles. The Bertz CT molecular complexity index is 709. The fourth-order valence-electron chi connectivity index (χ4n) is 2.43. The molecule has 1 nitrogen and oxygen atoms in total. The summed E-state index contributed by atoms with van der Waals surface area (Å²) in [6.07, 6.45) is 4.44. The summed E-state index contributed by atoms with van der Waals surface area (Å²) in [5, 5.41) is 0. The minimum atomic E-state index is 0.169. The number of hydrogen-bond acceptors (Lipinski definition) is 1. The van der Waals surface area contributed by atoms with Gasteiger partial charge in [-0.05, 0) is 23.3 Å². The van der Waals surface area contributed by atoms with Gasteiger partial charge in [-0.3, -0.25) is 0 Å². The van der Waals surface area contributed by atoms with E-state index in [-0.39, 0.29) is 10.8 Å². The highest BCUT2D eigenvalue weighted by atomic mass is 32.1. The summed E-state index contributed by atoms with van der Waals surface area (Å²) in [7, 11) is 4.13. The van der Waals surface area contributed by atoms with Crippen molar-refractivity contribution in [2.75, 3.05) is 19.0 Å². The predicted octanol–water partition coefficient (Wildman–Crippen LogP) is 6.86. The van der Waals surface area contributed by atoms with Crippen molar-refractivity contribution in [3.05, 3.63) is 57.3 Å². The van der Waals surface area contributed by atoms with Crippen LogP contribution >= 0.6 is 11.3 Å². The Hall–Kier alpha value is -1.67. The maximum atomic E-state index is 2.34. The van der Waals surface area contributed by atoms with Gasteiger partial charge in [0.15, 0.2) is 0 Å². The Balaban J connectivity index is 2.37. The van der Waals surface area contributed by atoms with Crippen LogP contribution in [0.15, 0.2) is 36.4 Å². The van der Waals surface area contributed by atoms with E-state index in [2.05, 4.69) is 109 Å². The molecular formula is C23H32NS+. The third-order valence-electron chi connectivity index (χ3n) is 4.17. The highest BCUT2D eigenvalue weighted by Crippen LogP contribution is 2.35. The average Bonchev–Trinajstić information content (AvgIpc) is 2.51. The molecule has 0 radical (unpaired) electrons. The van der Waals surface area contributed by atoms with E-state index in [0.29, 0.717) is 0 Å². The molecule has 0 N–H and O–H groups in total. The van der Waals surface area contributed by atoms with Crippen LogP contribution in [0.1, 0.15) is 62.4 Å². The van der Waals surface area contributed by atoms with E-state index < -0.39 is 0 Å². The van der Waals surface area contributed by atoms with Gasteiger partial charge in [0.2, 0.25) is 21.1 Å². The molecule has 2 rings (SSSR count). The zero-order valence-corrected chi connectivity index (χ0v) is 17.8. The van der Waals surface area contributed by atoms with Gasteiger partial charge in [-0.1, -0.05) is 65.8 Å². The van der Waals surface area contributed by atoms with Gasteiger partial charge < -0.3 is 4.90 Å². The van der Waals surface area contributed by atoms with Crippen molar-refractivity contribution >= 4 is 29.2 Å². The first kappa shape index (κ1) is 19.7. The molecule has 0 aliphatic heterocycles. The molecule has 0 amide bonds. The molecule has 1 aromatic carbocycles. The van der Waals surface area contributed by atoms with E-state index in [1.165, 1.54) is 26.6 Å². The lowest BCUT2D eigenvalue weighted by molar-refractivity contribution is 0.593. The van der Waals surface area contributed by atoms with Gasteiger partial charge in [-0.15, -0.1) is 0 Å². The van der Waals surface area contributed by atoms with Crippen molar-refractivity contribution in [1.29, 1.82) is 0 Å². The van der Waals surface area contributed by atoms with Crippen LogP contribution in [0.3, 0.4) is 0 Å². The van der Waals surface area contributed by atoms with Crippen molar-refractivity contribution in [3.8, 4) is 0 Å². The molecule has 0 saturated carbocycles. The molecule has 1 heterocycles. The molecule has 134 valence electrons. The third-order valence-corrected chi connectivity index (χ3v) is 6.07. The smallest absolute Gasteiger partial charge is 0.219 e. The second-order valence-electron chi connectivity index (χ2n) is 8.94. The van der Waals surface area contributed by atoms with E-state index >= 15 is 0 Å². The van der Waals surface area contributed by atoms with E-state index in [4.69, 9.17) is 0 Å². The molecule has 25 heavy (non-hydrogen) atoms. The highest BCUT2D eigenvalue weighted by Gasteiger charge is 2.31.